The zero-order valence-corrected chi connectivity index (χ0v) is 12.4. The van der Waals surface area contributed by atoms with E-state index in [4.69, 9.17) is 9.05 Å². The van der Waals surface area contributed by atoms with Crippen LogP contribution in [0.3, 0.4) is 0 Å². The highest BCUT2D eigenvalue weighted by molar-refractivity contribution is 7.45. The third-order valence-corrected chi connectivity index (χ3v) is 3.40. The Bertz CT molecular complexity index is 235. The van der Waals surface area contributed by atoms with E-state index in [2.05, 4.69) is 6.92 Å². The molecule has 0 radical (unpaired) electrons. The zero-order valence-electron chi connectivity index (χ0n) is 11.5. The molecule has 1 atom stereocenters. The molecule has 0 amide bonds. The molecule has 0 saturated carbocycles. The van der Waals surface area contributed by atoms with Gasteiger partial charge in [0.25, 0.3) is 7.82 Å². The summed E-state index contributed by atoms with van der Waals surface area (Å²) >= 11 is 0. The maximum atomic E-state index is 11.4. The first-order chi connectivity index (χ1) is 7.77. The Kier molecular flexibility index (Phi) is 8.31. The van der Waals surface area contributed by atoms with Gasteiger partial charge in [-0.25, -0.2) is 0 Å². The lowest BCUT2D eigenvalue weighted by Crippen LogP contribution is -2.22. The number of rotatable bonds is 9. The SMILES string of the molecule is CCCCCCCCOP(=O)([O-])OC(C)(C)C. The van der Waals surface area contributed by atoms with Crippen molar-refractivity contribution in [2.45, 2.75) is 71.8 Å². The molecule has 0 fully saturated rings. The van der Waals surface area contributed by atoms with Gasteiger partial charge in [-0.2, -0.15) is 0 Å². The first kappa shape index (κ1) is 17.1. The summed E-state index contributed by atoms with van der Waals surface area (Å²) in [6.45, 7) is 7.45. The predicted octanol–water partition coefficient (Wildman–Crippen LogP) is 3.65. The van der Waals surface area contributed by atoms with Crippen molar-refractivity contribution in [1.29, 1.82) is 0 Å². The molecule has 17 heavy (non-hydrogen) atoms. The van der Waals surface area contributed by atoms with E-state index in [1.54, 1.807) is 20.8 Å². The van der Waals surface area contributed by atoms with Gasteiger partial charge in [-0.05, 0) is 27.2 Å². The van der Waals surface area contributed by atoms with Crippen LogP contribution < -0.4 is 4.89 Å². The molecule has 0 aromatic rings. The predicted molar refractivity (Wildman–Crippen MR) is 67.8 cm³/mol. The Morgan fingerprint density at radius 2 is 1.59 bits per heavy atom. The fraction of sp³-hybridized carbons (Fsp3) is 1.00. The number of phosphoric acid groups is 1. The fourth-order valence-electron chi connectivity index (χ4n) is 1.42. The molecule has 0 heterocycles. The van der Waals surface area contributed by atoms with Crippen molar-refractivity contribution in [3.05, 3.63) is 0 Å². The van der Waals surface area contributed by atoms with Gasteiger partial charge in [-0.3, -0.25) is 4.57 Å². The van der Waals surface area contributed by atoms with Crippen LogP contribution in [0.2, 0.25) is 0 Å². The quantitative estimate of drug-likeness (QED) is 0.471. The van der Waals surface area contributed by atoms with Gasteiger partial charge in [0.15, 0.2) is 0 Å². The summed E-state index contributed by atoms with van der Waals surface area (Å²) in [4.78, 5) is 11.4. The van der Waals surface area contributed by atoms with Crippen molar-refractivity contribution in [1.82, 2.24) is 0 Å². The van der Waals surface area contributed by atoms with Gasteiger partial charge in [0, 0.05) is 0 Å². The molecule has 0 N–H and O–H groups in total. The Balaban J connectivity index is 3.56. The molecule has 104 valence electrons. The van der Waals surface area contributed by atoms with E-state index in [0.717, 1.165) is 19.3 Å². The lowest BCUT2D eigenvalue weighted by Gasteiger charge is -2.30. The summed E-state index contributed by atoms with van der Waals surface area (Å²) in [5, 5.41) is 0. The van der Waals surface area contributed by atoms with Crippen molar-refractivity contribution in [2.75, 3.05) is 6.61 Å². The highest BCUT2D eigenvalue weighted by Crippen LogP contribution is 2.42. The van der Waals surface area contributed by atoms with E-state index in [-0.39, 0.29) is 6.61 Å². The lowest BCUT2D eigenvalue weighted by molar-refractivity contribution is -0.233. The second kappa shape index (κ2) is 8.25. The second-order valence-corrected chi connectivity index (χ2v) is 6.59. The molecule has 5 heteroatoms. The van der Waals surface area contributed by atoms with E-state index in [0.29, 0.717) is 0 Å². The van der Waals surface area contributed by atoms with Crippen molar-refractivity contribution >= 4 is 7.82 Å². The Labute approximate surface area is 105 Å². The lowest BCUT2D eigenvalue weighted by atomic mass is 10.1. The zero-order chi connectivity index (χ0) is 13.4. The average Bonchev–Trinajstić information content (AvgIpc) is 2.12. The first-order valence-corrected chi connectivity index (χ1v) is 7.89. The van der Waals surface area contributed by atoms with Crippen molar-refractivity contribution in [2.24, 2.45) is 0 Å². The molecule has 4 nitrogen and oxygen atoms in total. The summed E-state index contributed by atoms with van der Waals surface area (Å²) in [6, 6.07) is 0. The summed E-state index contributed by atoms with van der Waals surface area (Å²) < 4.78 is 21.0. The third kappa shape index (κ3) is 12.4. The summed E-state index contributed by atoms with van der Waals surface area (Å²) in [6.07, 6.45) is 6.59. The standard InChI is InChI=1S/C12H27O4P/c1-5-6-7-8-9-10-11-15-17(13,14)16-12(2,3)4/h5-11H2,1-4H3,(H,13,14)/p-1. The van der Waals surface area contributed by atoms with Crippen LogP contribution in [0, 0.1) is 0 Å². The molecule has 0 aromatic heterocycles. The van der Waals surface area contributed by atoms with Gasteiger partial charge in [0.05, 0.1) is 12.2 Å². The van der Waals surface area contributed by atoms with Gasteiger partial charge in [0.2, 0.25) is 0 Å². The second-order valence-electron chi connectivity index (χ2n) is 5.25. The summed E-state index contributed by atoms with van der Waals surface area (Å²) in [7, 11) is -4.13. The van der Waals surface area contributed by atoms with E-state index < -0.39 is 13.4 Å². The molecule has 1 unspecified atom stereocenters. The number of unbranched alkanes of at least 4 members (excludes halogenated alkanes) is 5. The molecular formula is C12H26O4P-. The molecule has 0 aromatic carbocycles. The third-order valence-electron chi connectivity index (χ3n) is 2.13. The van der Waals surface area contributed by atoms with Crippen molar-refractivity contribution < 1.29 is 18.5 Å². The molecule has 0 aliphatic carbocycles. The number of hydrogen-bond donors (Lipinski definition) is 0. The number of phosphoric ester groups is 1. The van der Waals surface area contributed by atoms with Crippen LogP contribution in [0.15, 0.2) is 0 Å². The van der Waals surface area contributed by atoms with Crippen LogP contribution in [0.5, 0.6) is 0 Å². The van der Waals surface area contributed by atoms with Crippen LogP contribution in [0.1, 0.15) is 66.2 Å². The minimum Gasteiger partial charge on any atom is -0.756 e. The topological polar surface area (TPSA) is 58.6 Å². The molecule has 0 bridgehead atoms. The fourth-order valence-corrected chi connectivity index (χ4v) is 2.50. The van der Waals surface area contributed by atoms with Crippen LogP contribution in [-0.4, -0.2) is 12.2 Å². The first-order valence-electron chi connectivity index (χ1n) is 6.43. The van der Waals surface area contributed by atoms with E-state index >= 15 is 0 Å². The maximum absolute atomic E-state index is 11.4. The molecule has 0 aliphatic rings. The van der Waals surface area contributed by atoms with E-state index in [1.807, 2.05) is 0 Å². The molecular weight excluding hydrogens is 239 g/mol. The highest BCUT2D eigenvalue weighted by atomic mass is 31.2. The van der Waals surface area contributed by atoms with Crippen LogP contribution >= 0.6 is 7.82 Å². The van der Waals surface area contributed by atoms with Gasteiger partial charge in [-0.15, -0.1) is 0 Å². The molecule has 0 rings (SSSR count). The monoisotopic (exact) mass is 265 g/mol. The van der Waals surface area contributed by atoms with Crippen LogP contribution in [-0.2, 0) is 13.6 Å². The highest BCUT2D eigenvalue weighted by Gasteiger charge is 2.19. The Morgan fingerprint density at radius 1 is 1.06 bits per heavy atom. The average molecular weight is 265 g/mol. The van der Waals surface area contributed by atoms with E-state index in [1.165, 1.54) is 19.3 Å². The molecule has 0 spiro atoms. The van der Waals surface area contributed by atoms with E-state index in [9.17, 15) is 9.46 Å². The van der Waals surface area contributed by atoms with Gasteiger partial charge in [-0.1, -0.05) is 39.0 Å². The smallest absolute Gasteiger partial charge is 0.268 e. The van der Waals surface area contributed by atoms with Gasteiger partial charge >= 0.3 is 0 Å². The molecule has 0 saturated heterocycles. The van der Waals surface area contributed by atoms with Crippen LogP contribution in [0.25, 0.3) is 0 Å². The van der Waals surface area contributed by atoms with Gasteiger partial charge in [0.1, 0.15) is 0 Å². The normalized spacial score (nSPS) is 15.8. The van der Waals surface area contributed by atoms with Crippen molar-refractivity contribution in [3.8, 4) is 0 Å². The summed E-state index contributed by atoms with van der Waals surface area (Å²) in [5.41, 5.74) is -0.724. The Hall–Kier alpha value is 0.110. The van der Waals surface area contributed by atoms with Crippen LogP contribution in [0.4, 0.5) is 0 Å². The van der Waals surface area contributed by atoms with Gasteiger partial charge < -0.3 is 13.9 Å². The minimum atomic E-state index is -4.13. The number of hydrogen-bond acceptors (Lipinski definition) is 4. The maximum Gasteiger partial charge on any atom is 0.268 e. The molecule has 0 aliphatic heterocycles. The minimum absolute atomic E-state index is 0.225. The summed E-state index contributed by atoms with van der Waals surface area (Å²) in [5.74, 6) is 0. The Morgan fingerprint density at radius 3 is 2.12 bits per heavy atom. The van der Waals surface area contributed by atoms with Crippen molar-refractivity contribution in [3.63, 3.8) is 0 Å². The largest absolute Gasteiger partial charge is 0.756 e.